The highest BCUT2D eigenvalue weighted by atomic mass is 16.5. The van der Waals surface area contributed by atoms with Crippen LogP contribution < -0.4 is 9.47 Å². The number of nitrogens with zero attached hydrogens (tertiary/aromatic N) is 2. The normalized spacial score (nSPS) is 15.5. The lowest BCUT2D eigenvalue weighted by Gasteiger charge is -2.34. The molecule has 140 valence electrons. The summed E-state index contributed by atoms with van der Waals surface area (Å²) < 4.78 is 11.3. The molecule has 5 nitrogen and oxygen atoms in total. The third-order valence-electron chi connectivity index (χ3n) is 4.40. The van der Waals surface area contributed by atoms with E-state index in [-0.39, 0.29) is 5.91 Å². The van der Waals surface area contributed by atoms with Crippen molar-refractivity contribution in [3.63, 3.8) is 0 Å². The first-order chi connectivity index (χ1) is 12.0. The molecule has 1 saturated heterocycles. The number of carbonyl (C=O) groups is 1. The van der Waals surface area contributed by atoms with Crippen molar-refractivity contribution in [1.82, 2.24) is 9.80 Å². The summed E-state index contributed by atoms with van der Waals surface area (Å²) in [6.45, 7) is 11.4. The number of ether oxygens (including phenoxy) is 2. The maximum Gasteiger partial charge on any atom is 0.222 e. The third kappa shape index (κ3) is 5.92. The average Bonchev–Trinajstić information content (AvgIpc) is 2.61. The molecule has 1 aliphatic rings. The fourth-order valence-corrected chi connectivity index (χ4v) is 2.97. The number of methoxy groups -OCH3 is 1. The Labute approximate surface area is 151 Å². The number of piperazine rings is 1. The van der Waals surface area contributed by atoms with Crippen molar-refractivity contribution in [1.29, 1.82) is 0 Å². The van der Waals surface area contributed by atoms with Gasteiger partial charge in [-0.05, 0) is 30.0 Å². The summed E-state index contributed by atoms with van der Waals surface area (Å²) in [5.41, 5.74) is 1.21. The maximum absolute atomic E-state index is 12.0. The van der Waals surface area contributed by atoms with E-state index in [1.54, 1.807) is 7.11 Å². The van der Waals surface area contributed by atoms with Crippen LogP contribution in [-0.4, -0.2) is 55.6 Å². The smallest absolute Gasteiger partial charge is 0.222 e. The average molecular weight is 348 g/mol. The second-order valence-corrected chi connectivity index (χ2v) is 7.10. The molecule has 1 aliphatic heterocycles. The first-order valence-electron chi connectivity index (χ1n) is 9.33. The highest BCUT2D eigenvalue weighted by Crippen LogP contribution is 2.29. The molecule has 0 radical (unpaired) electrons. The summed E-state index contributed by atoms with van der Waals surface area (Å²) >= 11 is 0. The zero-order valence-electron chi connectivity index (χ0n) is 16.1. The minimum absolute atomic E-state index is 0.287. The number of benzene rings is 1. The molecule has 0 aliphatic carbocycles. The van der Waals surface area contributed by atoms with Gasteiger partial charge in [0.25, 0.3) is 0 Å². The number of hydrogen-bond acceptors (Lipinski definition) is 4. The molecule has 0 unspecified atom stereocenters. The van der Waals surface area contributed by atoms with E-state index in [4.69, 9.17) is 9.47 Å². The molecule has 5 heteroatoms. The van der Waals surface area contributed by atoms with Gasteiger partial charge in [-0.3, -0.25) is 9.69 Å². The number of rotatable bonds is 8. The predicted octanol–water partition coefficient (Wildman–Crippen LogP) is 3.17. The van der Waals surface area contributed by atoms with Gasteiger partial charge in [0.05, 0.1) is 13.7 Å². The van der Waals surface area contributed by atoms with Gasteiger partial charge < -0.3 is 14.4 Å². The molecule has 0 atom stereocenters. The van der Waals surface area contributed by atoms with Crippen molar-refractivity contribution in [3.05, 3.63) is 23.8 Å². The van der Waals surface area contributed by atoms with Crippen LogP contribution in [0.5, 0.6) is 11.5 Å². The Morgan fingerprint density at radius 2 is 1.88 bits per heavy atom. The van der Waals surface area contributed by atoms with Crippen LogP contribution in [0.1, 0.15) is 39.2 Å². The van der Waals surface area contributed by atoms with Crippen molar-refractivity contribution in [2.45, 2.75) is 40.2 Å². The van der Waals surface area contributed by atoms with Gasteiger partial charge in [0.1, 0.15) is 0 Å². The second kappa shape index (κ2) is 9.66. The zero-order chi connectivity index (χ0) is 18.2. The second-order valence-electron chi connectivity index (χ2n) is 7.10. The lowest BCUT2D eigenvalue weighted by Crippen LogP contribution is -2.48. The lowest BCUT2D eigenvalue weighted by atomic mass is 10.1. The van der Waals surface area contributed by atoms with Gasteiger partial charge in [0.2, 0.25) is 5.91 Å². The lowest BCUT2D eigenvalue weighted by molar-refractivity contribution is -0.133. The summed E-state index contributed by atoms with van der Waals surface area (Å²) in [6.07, 6.45) is 1.58. The van der Waals surface area contributed by atoms with Crippen LogP contribution in [0, 0.1) is 5.92 Å². The highest BCUT2D eigenvalue weighted by molar-refractivity contribution is 5.76. The molecular formula is C20H32N2O3. The highest BCUT2D eigenvalue weighted by Gasteiger charge is 2.20. The SMILES string of the molecule is CCCC(=O)N1CCN(Cc2ccc(OCC(C)C)c(OC)c2)CC1. The maximum atomic E-state index is 12.0. The Balaban J connectivity index is 1.89. The molecule has 25 heavy (non-hydrogen) atoms. The molecule has 0 saturated carbocycles. The first kappa shape index (κ1) is 19.6. The van der Waals surface area contributed by atoms with E-state index in [0.717, 1.165) is 50.6 Å². The van der Waals surface area contributed by atoms with Crippen LogP contribution in [0.25, 0.3) is 0 Å². The predicted molar refractivity (Wildman–Crippen MR) is 100 cm³/mol. The summed E-state index contributed by atoms with van der Waals surface area (Å²) in [4.78, 5) is 16.3. The molecule has 1 heterocycles. The fraction of sp³-hybridized carbons (Fsp3) is 0.650. The van der Waals surface area contributed by atoms with Gasteiger partial charge >= 0.3 is 0 Å². The monoisotopic (exact) mass is 348 g/mol. The Morgan fingerprint density at radius 1 is 1.16 bits per heavy atom. The van der Waals surface area contributed by atoms with Gasteiger partial charge in [-0.1, -0.05) is 26.8 Å². The van der Waals surface area contributed by atoms with Crippen LogP contribution in [0.2, 0.25) is 0 Å². The van der Waals surface area contributed by atoms with E-state index >= 15 is 0 Å². The number of carbonyl (C=O) groups excluding carboxylic acids is 1. The third-order valence-corrected chi connectivity index (χ3v) is 4.40. The number of amides is 1. The number of hydrogen-bond donors (Lipinski definition) is 0. The minimum Gasteiger partial charge on any atom is -0.493 e. The van der Waals surface area contributed by atoms with E-state index in [0.29, 0.717) is 18.9 Å². The van der Waals surface area contributed by atoms with Crippen LogP contribution in [0.15, 0.2) is 18.2 Å². The zero-order valence-corrected chi connectivity index (χ0v) is 16.1. The standard InChI is InChI=1S/C20H32N2O3/c1-5-6-20(23)22-11-9-21(10-12-22)14-17-7-8-18(19(13-17)24-4)25-15-16(2)3/h7-8,13,16H,5-6,9-12,14-15H2,1-4H3. The Bertz CT molecular complexity index is 552. The van der Waals surface area contributed by atoms with Gasteiger partial charge in [-0.2, -0.15) is 0 Å². The van der Waals surface area contributed by atoms with Gasteiger partial charge in [-0.15, -0.1) is 0 Å². The Hall–Kier alpha value is -1.75. The molecular weight excluding hydrogens is 316 g/mol. The minimum atomic E-state index is 0.287. The quantitative estimate of drug-likeness (QED) is 0.724. The van der Waals surface area contributed by atoms with E-state index in [9.17, 15) is 4.79 Å². The largest absolute Gasteiger partial charge is 0.493 e. The molecule has 0 spiro atoms. The van der Waals surface area contributed by atoms with Crippen molar-refractivity contribution in [2.75, 3.05) is 39.9 Å². The van der Waals surface area contributed by atoms with Gasteiger partial charge in [-0.25, -0.2) is 0 Å². The molecule has 1 fully saturated rings. The molecule has 0 bridgehead atoms. The fourth-order valence-electron chi connectivity index (χ4n) is 2.97. The van der Waals surface area contributed by atoms with Crippen molar-refractivity contribution in [3.8, 4) is 11.5 Å². The van der Waals surface area contributed by atoms with Crippen LogP contribution >= 0.6 is 0 Å². The Kier molecular flexibility index (Phi) is 7.56. The summed E-state index contributed by atoms with van der Waals surface area (Å²) in [5, 5.41) is 0. The van der Waals surface area contributed by atoms with E-state index in [2.05, 4.69) is 37.8 Å². The van der Waals surface area contributed by atoms with E-state index in [1.807, 2.05) is 11.0 Å². The summed E-state index contributed by atoms with van der Waals surface area (Å²) in [6, 6.07) is 6.16. The van der Waals surface area contributed by atoms with Crippen LogP contribution in [0.3, 0.4) is 0 Å². The van der Waals surface area contributed by atoms with Gasteiger partial charge in [0.15, 0.2) is 11.5 Å². The first-order valence-corrected chi connectivity index (χ1v) is 9.33. The van der Waals surface area contributed by atoms with Crippen LogP contribution in [-0.2, 0) is 11.3 Å². The van der Waals surface area contributed by atoms with Gasteiger partial charge in [0, 0.05) is 39.1 Å². The van der Waals surface area contributed by atoms with Crippen LogP contribution in [0.4, 0.5) is 0 Å². The van der Waals surface area contributed by atoms with E-state index < -0.39 is 0 Å². The van der Waals surface area contributed by atoms with E-state index in [1.165, 1.54) is 5.56 Å². The summed E-state index contributed by atoms with van der Waals surface area (Å²) in [7, 11) is 1.68. The molecule has 2 rings (SSSR count). The molecule has 1 aromatic rings. The summed E-state index contributed by atoms with van der Waals surface area (Å²) in [5.74, 6) is 2.36. The molecule has 1 aromatic carbocycles. The van der Waals surface area contributed by atoms with Crippen molar-refractivity contribution >= 4 is 5.91 Å². The molecule has 0 N–H and O–H groups in total. The Morgan fingerprint density at radius 3 is 2.48 bits per heavy atom. The van der Waals surface area contributed by atoms with Crippen molar-refractivity contribution < 1.29 is 14.3 Å². The van der Waals surface area contributed by atoms with Crippen molar-refractivity contribution in [2.24, 2.45) is 5.92 Å². The topological polar surface area (TPSA) is 42.0 Å². The molecule has 1 amide bonds. The molecule has 0 aromatic heterocycles.